The number of halogens is 1. The summed E-state index contributed by atoms with van der Waals surface area (Å²) in [6.45, 7) is 3.57. The molecule has 1 aromatic rings. The van der Waals surface area contributed by atoms with E-state index in [-0.39, 0.29) is 0 Å². The minimum Gasteiger partial charge on any atom is -0.309 e. The lowest BCUT2D eigenvalue weighted by atomic mass is 10.2. The van der Waals surface area contributed by atoms with Crippen LogP contribution in [0.2, 0.25) is 0 Å². The molecule has 1 saturated carbocycles. The van der Waals surface area contributed by atoms with Gasteiger partial charge in [-0.15, -0.1) is 0 Å². The zero-order valence-electron chi connectivity index (χ0n) is 10.0. The number of nitrogens with zero attached hydrogens (tertiary/aromatic N) is 1. The second-order valence-corrected chi connectivity index (χ2v) is 6.46. The lowest BCUT2D eigenvalue weighted by molar-refractivity contribution is 0.317. The van der Waals surface area contributed by atoms with E-state index >= 15 is 0 Å². The highest BCUT2D eigenvalue weighted by molar-refractivity contribution is 14.1. The fourth-order valence-corrected chi connectivity index (χ4v) is 2.95. The monoisotopic (exact) mass is 342 g/mol. The van der Waals surface area contributed by atoms with E-state index in [1.165, 1.54) is 41.5 Å². The summed E-state index contributed by atoms with van der Waals surface area (Å²) in [5, 5.41) is 3.69. The summed E-state index contributed by atoms with van der Waals surface area (Å²) in [5.74, 6) is 0. The van der Waals surface area contributed by atoms with Gasteiger partial charge >= 0.3 is 0 Å². The zero-order chi connectivity index (χ0) is 11.7. The van der Waals surface area contributed by atoms with E-state index in [2.05, 4.69) is 57.1 Å². The van der Waals surface area contributed by atoms with Crippen LogP contribution in [0.25, 0.3) is 0 Å². The van der Waals surface area contributed by atoms with Crippen molar-refractivity contribution in [3.8, 4) is 0 Å². The van der Waals surface area contributed by atoms with Gasteiger partial charge in [0.1, 0.15) is 0 Å². The smallest absolute Gasteiger partial charge is 0.0210 e. The van der Waals surface area contributed by atoms with Gasteiger partial charge in [-0.05, 0) is 59.5 Å². The molecule has 92 valence electrons. The van der Waals surface area contributed by atoms with Crippen LogP contribution < -0.4 is 5.32 Å². The summed E-state index contributed by atoms with van der Waals surface area (Å²) in [6.07, 6.45) is 4.19. The maximum Gasteiger partial charge on any atom is 0.0210 e. The van der Waals surface area contributed by atoms with Crippen molar-refractivity contribution in [2.75, 3.05) is 13.1 Å². The summed E-state index contributed by atoms with van der Waals surface area (Å²) < 4.78 is 1.31. The second-order valence-electron chi connectivity index (χ2n) is 5.22. The molecular formula is C14H19IN2. The Bertz CT molecular complexity index is 372. The number of hydrogen-bond acceptors (Lipinski definition) is 2. The molecule has 0 aromatic heterocycles. The van der Waals surface area contributed by atoms with Gasteiger partial charge < -0.3 is 5.32 Å². The number of benzene rings is 1. The Balaban J connectivity index is 1.46. The van der Waals surface area contributed by atoms with Crippen LogP contribution in [0.4, 0.5) is 0 Å². The average molecular weight is 342 g/mol. The molecule has 1 saturated heterocycles. The van der Waals surface area contributed by atoms with Crippen molar-refractivity contribution >= 4 is 22.6 Å². The maximum atomic E-state index is 3.69. The first-order valence-electron chi connectivity index (χ1n) is 6.53. The third-order valence-corrected chi connectivity index (χ3v) is 4.51. The highest BCUT2D eigenvalue weighted by Gasteiger charge is 2.33. The van der Waals surface area contributed by atoms with E-state index in [1.807, 2.05) is 0 Å². The molecule has 1 atom stereocenters. The van der Waals surface area contributed by atoms with Crippen molar-refractivity contribution in [2.45, 2.75) is 37.9 Å². The van der Waals surface area contributed by atoms with E-state index < -0.39 is 0 Å². The van der Waals surface area contributed by atoms with Gasteiger partial charge in [-0.2, -0.15) is 0 Å². The Hall–Kier alpha value is -0.130. The molecule has 3 rings (SSSR count). The van der Waals surface area contributed by atoms with E-state index in [1.54, 1.807) is 0 Å². The van der Waals surface area contributed by atoms with Gasteiger partial charge in [-0.25, -0.2) is 0 Å². The van der Waals surface area contributed by atoms with E-state index in [4.69, 9.17) is 0 Å². The Morgan fingerprint density at radius 3 is 2.65 bits per heavy atom. The van der Waals surface area contributed by atoms with E-state index in [0.717, 1.165) is 12.6 Å². The Kier molecular flexibility index (Phi) is 3.68. The summed E-state index contributed by atoms with van der Waals surface area (Å²) in [7, 11) is 0. The number of hydrogen-bond donors (Lipinski definition) is 1. The lowest BCUT2D eigenvalue weighted by Gasteiger charge is -2.15. The molecule has 2 aliphatic rings. The van der Waals surface area contributed by atoms with Gasteiger partial charge in [0.05, 0.1) is 0 Å². The molecule has 1 heterocycles. The molecule has 0 radical (unpaired) electrons. The predicted molar refractivity (Wildman–Crippen MR) is 79.0 cm³/mol. The first kappa shape index (κ1) is 11.9. The quantitative estimate of drug-likeness (QED) is 0.847. The Morgan fingerprint density at radius 1 is 1.18 bits per heavy atom. The largest absolute Gasteiger partial charge is 0.309 e. The fraction of sp³-hybridized carbons (Fsp3) is 0.571. The van der Waals surface area contributed by atoms with Crippen molar-refractivity contribution in [1.29, 1.82) is 0 Å². The first-order valence-corrected chi connectivity index (χ1v) is 7.61. The van der Waals surface area contributed by atoms with E-state index in [9.17, 15) is 0 Å². The molecule has 1 aliphatic heterocycles. The zero-order valence-corrected chi connectivity index (χ0v) is 12.2. The maximum absolute atomic E-state index is 3.69. The standard InChI is InChI=1S/C14H19IN2/c15-12-3-1-11(2-4-12)9-16-13-7-8-17(10-13)14-5-6-14/h1-4,13-14,16H,5-10H2. The van der Waals surface area contributed by atoms with E-state index in [0.29, 0.717) is 6.04 Å². The third kappa shape index (κ3) is 3.20. The van der Waals surface area contributed by atoms with Crippen LogP contribution in [-0.4, -0.2) is 30.1 Å². The molecular weight excluding hydrogens is 323 g/mol. The molecule has 0 amide bonds. The molecule has 2 fully saturated rings. The average Bonchev–Trinajstić information content (AvgIpc) is 3.09. The third-order valence-electron chi connectivity index (χ3n) is 3.79. The van der Waals surface area contributed by atoms with Gasteiger partial charge in [0.25, 0.3) is 0 Å². The SMILES string of the molecule is Ic1ccc(CNC2CCN(C3CC3)C2)cc1. The van der Waals surface area contributed by atoms with Gasteiger partial charge in [0, 0.05) is 35.3 Å². The van der Waals surface area contributed by atoms with Crippen molar-refractivity contribution in [1.82, 2.24) is 10.2 Å². The van der Waals surface area contributed by atoms with Gasteiger partial charge in [0.15, 0.2) is 0 Å². The normalized spacial score (nSPS) is 25.4. The molecule has 17 heavy (non-hydrogen) atoms. The summed E-state index contributed by atoms with van der Waals surface area (Å²) >= 11 is 2.35. The summed E-state index contributed by atoms with van der Waals surface area (Å²) in [5.41, 5.74) is 1.40. The predicted octanol–water partition coefficient (Wildman–Crippen LogP) is 2.62. The molecule has 1 unspecified atom stereocenters. The highest BCUT2D eigenvalue weighted by atomic mass is 127. The summed E-state index contributed by atoms with van der Waals surface area (Å²) in [6, 6.07) is 10.4. The minimum absolute atomic E-state index is 0.704. The molecule has 1 aromatic carbocycles. The van der Waals surface area contributed by atoms with Crippen LogP contribution in [-0.2, 0) is 6.54 Å². The van der Waals surface area contributed by atoms with Crippen LogP contribution in [0.15, 0.2) is 24.3 Å². The molecule has 0 spiro atoms. The Morgan fingerprint density at radius 2 is 1.94 bits per heavy atom. The molecule has 3 heteroatoms. The fourth-order valence-electron chi connectivity index (χ4n) is 2.59. The topological polar surface area (TPSA) is 15.3 Å². The second kappa shape index (κ2) is 5.24. The van der Waals surface area contributed by atoms with Crippen molar-refractivity contribution in [3.05, 3.63) is 33.4 Å². The van der Waals surface area contributed by atoms with Crippen LogP contribution >= 0.6 is 22.6 Å². The van der Waals surface area contributed by atoms with Crippen molar-refractivity contribution < 1.29 is 0 Å². The van der Waals surface area contributed by atoms with Crippen LogP contribution in [0.1, 0.15) is 24.8 Å². The molecule has 1 N–H and O–H groups in total. The lowest BCUT2D eigenvalue weighted by Crippen LogP contribution is -2.32. The van der Waals surface area contributed by atoms with Crippen LogP contribution in [0, 0.1) is 3.57 Å². The van der Waals surface area contributed by atoms with Crippen molar-refractivity contribution in [2.24, 2.45) is 0 Å². The van der Waals surface area contributed by atoms with Crippen LogP contribution in [0.3, 0.4) is 0 Å². The molecule has 1 aliphatic carbocycles. The molecule has 2 nitrogen and oxygen atoms in total. The highest BCUT2D eigenvalue weighted by Crippen LogP contribution is 2.29. The number of likely N-dealkylation sites (tertiary alicyclic amines) is 1. The first-order chi connectivity index (χ1) is 8.31. The van der Waals surface area contributed by atoms with Gasteiger partial charge in [-0.1, -0.05) is 12.1 Å². The van der Waals surface area contributed by atoms with Gasteiger partial charge in [0.2, 0.25) is 0 Å². The van der Waals surface area contributed by atoms with Gasteiger partial charge in [-0.3, -0.25) is 4.90 Å². The number of nitrogens with one attached hydrogen (secondary N) is 1. The number of rotatable bonds is 4. The van der Waals surface area contributed by atoms with Crippen LogP contribution in [0.5, 0.6) is 0 Å². The minimum atomic E-state index is 0.704. The molecule has 0 bridgehead atoms. The Labute approximate surface area is 117 Å². The van der Waals surface area contributed by atoms with Crippen molar-refractivity contribution in [3.63, 3.8) is 0 Å². The summed E-state index contributed by atoms with van der Waals surface area (Å²) in [4.78, 5) is 2.66.